The maximum absolute atomic E-state index is 12.2. The van der Waals surface area contributed by atoms with Crippen LogP contribution < -0.4 is 0 Å². The summed E-state index contributed by atoms with van der Waals surface area (Å²) >= 11 is 0. The van der Waals surface area contributed by atoms with Gasteiger partial charge in [-0.25, -0.2) is 0 Å². The van der Waals surface area contributed by atoms with Gasteiger partial charge < -0.3 is 10.0 Å². The highest BCUT2D eigenvalue weighted by atomic mass is 16.4. The predicted molar refractivity (Wildman–Crippen MR) is 68.1 cm³/mol. The number of hydrogen-bond acceptors (Lipinski definition) is 2. The Morgan fingerprint density at radius 1 is 1.00 bits per heavy atom. The molecule has 0 radical (unpaired) electrons. The molecule has 2 rings (SSSR count). The summed E-state index contributed by atoms with van der Waals surface area (Å²) in [6.07, 6.45) is 8.84. The normalized spacial score (nSPS) is 20.7. The van der Waals surface area contributed by atoms with E-state index >= 15 is 0 Å². The molecule has 0 spiro atoms. The zero-order chi connectivity index (χ0) is 13.0. The summed E-state index contributed by atoms with van der Waals surface area (Å²) < 4.78 is 0. The van der Waals surface area contributed by atoms with Crippen molar-refractivity contribution < 1.29 is 14.7 Å². The van der Waals surface area contributed by atoms with E-state index in [2.05, 4.69) is 0 Å². The van der Waals surface area contributed by atoms with Gasteiger partial charge in [0.25, 0.3) is 0 Å². The Morgan fingerprint density at radius 3 is 2.22 bits per heavy atom. The monoisotopic (exact) mass is 253 g/mol. The third-order valence-corrected chi connectivity index (χ3v) is 4.04. The number of carbonyl (C=O) groups excluding carboxylic acids is 1. The highest BCUT2D eigenvalue weighted by molar-refractivity contribution is 5.81. The van der Waals surface area contributed by atoms with Crippen molar-refractivity contribution in [2.24, 2.45) is 11.8 Å². The number of amides is 1. The lowest BCUT2D eigenvalue weighted by Crippen LogP contribution is -2.38. The summed E-state index contributed by atoms with van der Waals surface area (Å²) in [5.41, 5.74) is 0. The molecule has 0 aliphatic heterocycles. The lowest BCUT2D eigenvalue weighted by molar-refractivity contribution is -0.145. The second-order valence-electron chi connectivity index (χ2n) is 5.82. The van der Waals surface area contributed by atoms with Crippen molar-refractivity contribution in [3.63, 3.8) is 0 Å². The lowest BCUT2D eigenvalue weighted by atomic mass is 9.86. The highest BCUT2D eigenvalue weighted by Crippen LogP contribution is 2.31. The summed E-state index contributed by atoms with van der Waals surface area (Å²) in [4.78, 5) is 24.6. The van der Waals surface area contributed by atoms with Gasteiger partial charge in [0.2, 0.25) is 5.91 Å². The van der Waals surface area contributed by atoms with Crippen molar-refractivity contribution in [3.8, 4) is 0 Å². The fourth-order valence-corrected chi connectivity index (χ4v) is 2.80. The van der Waals surface area contributed by atoms with Crippen LogP contribution in [0.4, 0.5) is 0 Å². The smallest absolute Gasteiger partial charge is 0.323 e. The molecule has 1 N–H and O–H groups in total. The Morgan fingerprint density at radius 2 is 1.67 bits per heavy atom. The number of rotatable bonds is 6. The zero-order valence-corrected chi connectivity index (χ0v) is 10.9. The van der Waals surface area contributed by atoms with Crippen LogP contribution in [0.2, 0.25) is 0 Å². The molecule has 2 fully saturated rings. The third kappa shape index (κ3) is 4.31. The minimum absolute atomic E-state index is 0.0520. The van der Waals surface area contributed by atoms with Crippen molar-refractivity contribution in [2.75, 3.05) is 13.1 Å². The van der Waals surface area contributed by atoms with Crippen LogP contribution in [0.5, 0.6) is 0 Å². The van der Waals surface area contributed by atoms with Gasteiger partial charge in [-0.1, -0.05) is 19.3 Å². The number of carboxylic acid groups (broad SMARTS) is 1. The highest BCUT2D eigenvalue weighted by Gasteiger charge is 2.29. The minimum Gasteiger partial charge on any atom is -0.480 e. The van der Waals surface area contributed by atoms with Gasteiger partial charge in [-0.15, -0.1) is 0 Å². The van der Waals surface area contributed by atoms with Crippen LogP contribution in [0.25, 0.3) is 0 Å². The Labute approximate surface area is 108 Å². The van der Waals surface area contributed by atoms with Crippen LogP contribution in [-0.2, 0) is 9.59 Å². The second kappa shape index (κ2) is 6.21. The first kappa shape index (κ1) is 13.4. The number of carbonyl (C=O) groups is 2. The largest absolute Gasteiger partial charge is 0.480 e. The topological polar surface area (TPSA) is 57.6 Å². The quantitative estimate of drug-likeness (QED) is 0.790. The van der Waals surface area contributed by atoms with Crippen LogP contribution in [0.1, 0.15) is 51.4 Å². The van der Waals surface area contributed by atoms with E-state index in [1.165, 1.54) is 19.3 Å². The van der Waals surface area contributed by atoms with E-state index in [1.54, 1.807) is 4.90 Å². The maximum Gasteiger partial charge on any atom is 0.323 e. The van der Waals surface area contributed by atoms with E-state index < -0.39 is 5.97 Å². The van der Waals surface area contributed by atoms with Crippen molar-refractivity contribution in [1.29, 1.82) is 0 Å². The van der Waals surface area contributed by atoms with Crippen molar-refractivity contribution in [2.45, 2.75) is 51.4 Å². The average molecular weight is 253 g/mol. The van der Waals surface area contributed by atoms with Crippen LogP contribution in [0.15, 0.2) is 0 Å². The first-order valence-electron chi connectivity index (χ1n) is 7.14. The van der Waals surface area contributed by atoms with E-state index in [1.807, 2.05) is 0 Å². The molecule has 2 aliphatic carbocycles. The summed E-state index contributed by atoms with van der Waals surface area (Å²) in [5, 5.41) is 8.88. The first-order chi connectivity index (χ1) is 8.65. The summed E-state index contributed by atoms with van der Waals surface area (Å²) in [6.45, 7) is 0.528. The molecule has 2 aliphatic rings. The van der Waals surface area contributed by atoms with Gasteiger partial charge in [-0.2, -0.15) is 0 Å². The summed E-state index contributed by atoms with van der Waals surface area (Å²) in [6, 6.07) is 0. The van der Waals surface area contributed by atoms with Crippen molar-refractivity contribution >= 4 is 11.9 Å². The number of hydrogen-bond donors (Lipinski definition) is 1. The lowest BCUT2D eigenvalue weighted by Gasteiger charge is -2.25. The third-order valence-electron chi connectivity index (χ3n) is 4.04. The number of carboxylic acids is 1. The second-order valence-corrected chi connectivity index (χ2v) is 5.82. The van der Waals surface area contributed by atoms with Gasteiger partial charge in [0.15, 0.2) is 0 Å². The molecule has 2 saturated carbocycles. The van der Waals surface area contributed by atoms with Gasteiger partial charge in [-0.3, -0.25) is 9.59 Å². The molecule has 4 nitrogen and oxygen atoms in total. The SMILES string of the molecule is O=C(O)CN(CC1CC1)C(=O)CC1CCCCC1. The molecular weight excluding hydrogens is 230 g/mol. The molecule has 0 heterocycles. The Bertz CT molecular complexity index is 306. The molecule has 0 atom stereocenters. The van der Waals surface area contributed by atoms with E-state index in [0.717, 1.165) is 25.7 Å². The molecule has 18 heavy (non-hydrogen) atoms. The van der Waals surface area contributed by atoms with Gasteiger partial charge in [0.1, 0.15) is 6.54 Å². The van der Waals surface area contributed by atoms with Gasteiger partial charge >= 0.3 is 5.97 Å². The van der Waals surface area contributed by atoms with Crippen LogP contribution in [0, 0.1) is 11.8 Å². The summed E-state index contributed by atoms with van der Waals surface area (Å²) in [7, 11) is 0. The van der Waals surface area contributed by atoms with Crippen molar-refractivity contribution in [3.05, 3.63) is 0 Å². The minimum atomic E-state index is -0.896. The molecule has 0 bridgehead atoms. The summed E-state index contributed by atoms with van der Waals surface area (Å²) in [5.74, 6) is 0.199. The van der Waals surface area contributed by atoms with Crippen LogP contribution in [0.3, 0.4) is 0 Å². The van der Waals surface area contributed by atoms with Gasteiger partial charge in [-0.05, 0) is 37.5 Å². The van der Waals surface area contributed by atoms with Crippen LogP contribution >= 0.6 is 0 Å². The Balaban J connectivity index is 1.82. The molecule has 0 saturated heterocycles. The fourth-order valence-electron chi connectivity index (χ4n) is 2.80. The van der Waals surface area contributed by atoms with Crippen LogP contribution in [-0.4, -0.2) is 35.0 Å². The Kier molecular flexibility index (Phi) is 4.61. The van der Waals surface area contributed by atoms with E-state index in [0.29, 0.717) is 24.8 Å². The molecule has 0 aromatic rings. The zero-order valence-electron chi connectivity index (χ0n) is 10.9. The van der Waals surface area contributed by atoms with Crippen molar-refractivity contribution in [1.82, 2.24) is 4.90 Å². The molecule has 0 aromatic carbocycles. The molecular formula is C14H23NO3. The van der Waals surface area contributed by atoms with Gasteiger partial charge in [0.05, 0.1) is 0 Å². The van der Waals surface area contributed by atoms with E-state index in [-0.39, 0.29) is 12.5 Å². The fraction of sp³-hybridized carbons (Fsp3) is 0.857. The molecule has 4 heteroatoms. The standard InChI is InChI=1S/C14H23NO3/c16-13(8-11-4-2-1-3-5-11)15(10-14(17)18)9-12-6-7-12/h11-12H,1-10H2,(H,17,18). The first-order valence-corrected chi connectivity index (χ1v) is 7.14. The average Bonchev–Trinajstić information content (AvgIpc) is 3.13. The van der Waals surface area contributed by atoms with E-state index in [9.17, 15) is 9.59 Å². The Hall–Kier alpha value is -1.06. The maximum atomic E-state index is 12.2. The molecule has 102 valence electrons. The molecule has 1 amide bonds. The number of nitrogens with zero attached hydrogens (tertiary/aromatic N) is 1. The molecule has 0 unspecified atom stereocenters. The van der Waals surface area contributed by atoms with Gasteiger partial charge in [0, 0.05) is 13.0 Å². The number of aliphatic carboxylic acids is 1. The molecule has 0 aromatic heterocycles. The van der Waals surface area contributed by atoms with E-state index in [4.69, 9.17) is 5.11 Å². The predicted octanol–water partition coefficient (Wildman–Crippen LogP) is 2.28.